The lowest BCUT2D eigenvalue weighted by Gasteiger charge is -2.05. The first-order valence-electron chi connectivity index (χ1n) is 2.94. The summed E-state index contributed by atoms with van der Waals surface area (Å²) in [5.74, 6) is 0. The molecule has 0 radical (unpaired) electrons. The van der Waals surface area contributed by atoms with Crippen molar-refractivity contribution in [3.05, 3.63) is 35.9 Å². The van der Waals surface area contributed by atoms with Gasteiger partial charge in [-0.05, 0) is 17.3 Å². The summed E-state index contributed by atoms with van der Waals surface area (Å²) >= 11 is 5.19. The van der Waals surface area contributed by atoms with Crippen LogP contribution >= 0.6 is 11.8 Å². The lowest BCUT2D eigenvalue weighted by molar-refractivity contribution is 0.168. The SMILES string of the molecule is O[C@H](NCl)c1ccccc1. The van der Waals surface area contributed by atoms with Gasteiger partial charge in [-0.3, -0.25) is 0 Å². The lowest BCUT2D eigenvalue weighted by Crippen LogP contribution is -2.09. The molecule has 0 fully saturated rings. The van der Waals surface area contributed by atoms with E-state index in [1.165, 1.54) is 0 Å². The van der Waals surface area contributed by atoms with E-state index in [1.807, 2.05) is 18.2 Å². The van der Waals surface area contributed by atoms with Gasteiger partial charge in [-0.25, -0.2) is 4.84 Å². The second kappa shape index (κ2) is 3.56. The van der Waals surface area contributed by atoms with Crippen LogP contribution in [0.2, 0.25) is 0 Å². The van der Waals surface area contributed by atoms with Crippen LogP contribution in [0.25, 0.3) is 0 Å². The van der Waals surface area contributed by atoms with Crippen molar-refractivity contribution in [1.82, 2.24) is 4.84 Å². The number of aliphatic hydroxyl groups is 1. The zero-order chi connectivity index (χ0) is 7.40. The Hall–Kier alpha value is -0.570. The van der Waals surface area contributed by atoms with Crippen molar-refractivity contribution in [3.63, 3.8) is 0 Å². The number of benzene rings is 1. The monoisotopic (exact) mass is 157 g/mol. The van der Waals surface area contributed by atoms with Gasteiger partial charge >= 0.3 is 0 Å². The molecule has 0 heterocycles. The van der Waals surface area contributed by atoms with Crippen molar-refractivity contribution in [1.29, 1.82) is 0 Å². The Labute approximate surface area is 64.6 Å². The standard InChI is InChI=1S/C7H8ClNO/c8-9-7(10)6-4-2-1-3-5-6/h1-5,7,9-10H/t7-/m0/s1. The molecule has 0 saturated carbocycles. The molecule has 1 rings (SSSR count). The second-order valence-corrected chi connectivity index (χ2v) is 2.14. The normalized spacial score (nSPS) is 13.0. The molecule has 1 atom stereocenters. The summed E-state index contributed by atoms with van der Waals surface area (Å²) in [6.45, 7) is 0. The van der Waals surface area contributed by atoms with Gasteiger partial charge in [-0.15, -0.1) is 0 Å². The van der Waals surface area contributed by atoms with E-state index in [1.54, 1.807) is 12.1 Å². The van der Waals surface area contributed by atoms with Gasteiger partial charge in [0, 0.05) is 0 Å². The zero-order valence-electron chi connectivity index (χ0n) is 5.29. The molecule has 1 aromatic carbocycles. The van der Waals surface area contributed by atoms with E-state index in [4.69, 9.17) is 16.9 Å². The first-order chi connectivity index (χ1) is 4.84. The van der Waals surface area contributed by atoms with Crippen molar-refractivity contribution in [2.75, 3.05) is 0 Å². The van der Waals surface area contributed by atoms with E-state index >= 15 is 0 Å². The van der Waals surface area contributed by atoms with Crippen LogP contribution in [0, 0.1) is 0 Å². The van der Waals surface area contributed by atoms with Gasteiger partial charge in [-0.1, -0.05) is 30.3 Å². The highest BCUT2D eigenvalue weighted by atomic mass is 35.5. The van der Waals surface area contributed by atoms with Crippen molar-refractivity contribution in [3.8, 4) is 0 Å². The van der Waals surface area contributed by atoms with Crippen LogP contribution in [-0.4, -0.2) is 5.11 Å². The van der Waals surface area contributed by atoms with Gasteiger partial charge in [0.25, 0.3) is 0 Å². The molecule has 0 bridgehead atoms. The molecule has 0 unspecified atom stereocenters. The first-order valence-corrected chi connectivity index (χ1v) is 3.31. The molecule has 0 spiro atoms. The number of rotatable bonds is 2. The predicted molar refractivity (Wildman–Crippen MR) is 40.4 cm³/mol. The van der Waals surface area contributed by atoms with Crippen LogP contribution in [0.5, 0.6) is 0 Å². The minimum absolute atomic E-state index is 0.762. The topological polar surface area (TPSA) is 32.3 Å². The van der Waals surface area contributed by atoms with Crippen LogP contribution in [0.4, 0.5) is 0 Å². The van der Waals surface area contributed by atoms with Crippen molar-refractivity contribution < 1.29 is 5.11 Å². The minimum Gasteiger partial charge on any atom is -0.373 e. The molecule has 2 nitrogen and oxygen atoms in total. The Kier molecular flexibility index (Phi) is 2.68. The van der Waals surface area contributed by atoms with E-state index in [0.717, 1.165) is 5.56 Å². The highest BCUT2D eigenvalue weighted by Gasteiger charge is 2.01. The van der Waals surface area contributed by atoms with E-state index < -0.39 is 6.23 Å². The van der Waals surface area contributed by atoms with Crippen LogP contribution < -0.4 is 4.84 Å². The molecule has 54 valence electrons. The molecule has 0 aliphatic heterocycles. The average molecular weight is 158 g/mol. The van der Waals surface area contributed by atoms with Gasteiger partial charge in [0.05, 0.1) is 0 Å². The van der Waals surface area contributed by atoms with Gasteiger partial charge in [-0.2, -0.15) is 0 Å². The maximum atomic E-state index is 9.09. The third-order valence-electron chi connectivity index (χ3n) is 1.22. The fourth-order valence-corrected chi connectivity index (χ4v) is 0.824. The highest BCUT2D eigenvalue weighted by Crippen LogP contribution is 2.08. The number of halogens is 1. The van der Waals surface area contributed by atoms with Gasteiger partial charge in [0.15, 0.2) is 0 Å². The third kappa shape index (κ3) is 1.70. The van der Waals surface area contributed by atoms with E-state index in [-0.39, 0.29) is 0 Å². The number of nitrogens with one attached hydrogen (secondary N) is 1. The first kappa shape index (κ1) is 7.54. The molecule has 0 aromatic heterocycles. The van der Waals surface area contributed by atoms with Gasteiger partial charge in [0.2, 0.25) is 0 Å². The van der Waals surface area contributed by atoms with Crippen LogP contribution in [0.15, 0.2) is 30.3 Å². The van der Waals surface area contributed by atoms with Gasteiger partial charge < -0.3 is 5.11 Å². The molecule has 3 heteroatoms. The zero-order valence-corrected chi connectivity index (χ0v) is 6.05. The van der Waals surface area contributed by atoms with Crippen LogP contribution in [0.1, 0.15) is 11.8 Å². The summed E-state index contributed by atoms with van der Waals surface area (Å²) < 4.78 is 0. The summed E-state index contributed by atoms with van der Waals surface area (Å²) in [5, 5.41) is 9.09. The number of hydrogen-bond acceptors (Lipinski definition) is 2. The molecule has 0 amide bonds. The maximum absolute atomic E-state index is 9.09. The van der Waals surface area contributed by atoms with E-state index in [2.05, 4.69) is 4.84 Å². The second-order valence-electron chi connectivity index (χ2n) is 1.92. The van der Waals surface area contributed by atoms with Crippen molar-refractivity contribution >= 4 is 11.8 Å². The Morgan fingerprint density at radius 1 is 1.30 bits per heavy atom. The van der Waals surface area contributed by atoms with Crippen LogP contribution in [0.3, 0.4) is 0 Å². The lowest BCUT2D eigenvalue weighted by atomic mass is 10.2. The Morgan fingerprint density at radius 3 is 2.40 bits per heavy atom. The minimum atomic E-state index is -0.775. The fraction of sp³-hybridized carbons (Fsp3) is 0.143. The smallest absolute Gasteiger partial charge is 0.143 e. The molecule has 10 heavy (non-hydrogen) atoms. The fourth-order valence-electron chi connectivity index (χ4n) is 0.698. The molecule has 2 N–H and O–H groups in total. The molecular weight excluding hydrogens is 150 g/mol. The summed E-state index contributed by atoms with van der Waals surface area (Å²) in [6.07, 6.45) is -0.775. The quantitative estimate of drug-likeness (QED) is 0.503. The number of hydrogen-bond donors (Lipinski definition) is 2. The van der Waals surface area contributed by atoms with Crippen molar-refractivity contribution in [2.24, 2.45) is 0 Å². The molecular formula is C7H8ClNO. The summed E-state index contributed by atoms with van der Waals surface area (Å²) in [4.78, 5) is 2.21. The Bertz CT molecular complexity index is 190. The molecule has 0 saturated heterocycles. The molecule has 1 aromatic rings. The predicted octanol–water partition coefficient (Wildman–Crippen LogP) is 1.42. The average Bonchev–Trinajstić information content (AvgIpc) is 2.05. The molecule has 0 aliphatic rings. The summed E-state index contributed by atoms with van der Waals surface area (Å²) in [6, 6.07) is 9.14. The summed E-state index contributed by atoms with van der Waals surface area (Å²) in [5.41, 5.74) is 0.762. The highest BCUT2D eigenvalue weighted by molar-refractivity contribution is 6.13. The van der Waals surface area contributed by atoms with E-state index in [0.29, 0.717) is 0 Å². The summed E-state index contributed by atoms with van der Waals surface area (Å²) in [7, 11) is 0. The third-order valence-corrected chi connectivity index (χ3v) is 1.43. The largest absolute Gasteiger partial charge is 0.373 e. The molecule has 0 aliphatic carbocycles. The van der Waals surface area contributed by atoms with Crippen molar-refractivity contribution in [2.45, 2.75) is 6.23 Å². The Balaban J connectivity index is 2.75. The maximum Gasteiger partial charge on any atom is 0.143 e. The van der Waals surface area contributed by atoms with Crippen LogP contribution in [-0.2, 0) is 0 Å². The Morgan fingerprint density at radius 2 is 1.90 bits per heavy atom. The number of aliphatic hydroxyl groups excluding tert-OH is 1. The van der Waals surface area contributed by atoms with E-state index in [9.17, 15) is 0 Å². The van der Waals surface area contributed by atoms with Gasteiger partial charge in [0.1, 0.15) is 6.23 Å².